The van der Waals surface area contributed by atoms with Crippen molar-refractivity contribution in [3.63, 3.8) is 0 Å². The quantitative estimate of drug-likeness (QED) is 0.731. The first-order valence-corrected chi connectivity index (χ1v) is 6.85. The molecule has 0 aliphatic carbocycles. The molecule has 0 fully saturated rings. The lowest BCUT2D eigenvalue weighted by molar-refractivity contribution is -0.134. The number of hydrogen-bond donors (Lipinski definition) is 3. The van der Waals surface area contributed by atoms with Gasteiger partial charge in [-0.05, 0) is 18.2 Å². The van der Waals surface area contributed by atoms with Crippen molar-refractivity contribution in [2.24, 2.45) is 5.73 Å². The van der Waals surface area contributed by atoms with Gasteiger partial charge in [-0.15, -0.1) is 0 Å². The Morgan fingerprint density at radius 2 is 1.78 bits per heavy atom. The number of aliphatic carboxylic acids is 1. The number of sulfonamides is 1. The van der Waals surface area contributed by atoms with Gasteiger partial charge in [0.1, 0.15) is 0 Å². The lowest BCUT2D eigenvalue weighted by atomic mass is 10.1. The molecule has 6 nitrogen and oxygen atoms in total. The average molecular weight is 274 g/mol. The molecule has 0 bridgehead atoms. The summed E-state index contributed by atoms with van der Waals surface area (Å²) in [5.74, 6) is -0.850. The van der Waals surface area contributed by atoms with Crippen molar-refractivity contribution in [3.05, 3.63) is 35.4 Å². The Morgan fingerprint density at radius 1 is 1.33 bits per heavy atom. The number of carbonyl (C=O) groups is 1. The zero-order valence-corrected chi connectivity index (χ0v) is 11.2. The summed E-state index contributed by atoms with van der Waals surface area (Å²) in [4.78, 5) is 9.00. The van der Waals surface area contributed by atoms with Gasteiger partial charge in [0.25, 0.3) is 5.97 Å². The van der Waals surface area contributed by atoms with Crippen LogP contribution in [-0.2, 0) is 27.1 Å². The summed E-state index contributed by atoms with van der Waals surface area (Å²) in [5.41, 5.74) is 7.12. The number of carboxylic acids is 1. The predicted octanol–water partition coefficient (Wildman–Crippen LogP) is 0.285. The van der Waals surface area contributed by atoms with Gasteiger partial charge in [-0.25, -0.2) is 13.1 Å². The number of nitrogens with one attached hydrogen (secondary N) is 1. The molecule has 0 saturated heterocycles. The number of hydrogen-bond acceptors (Lipinski definition) is 4. The maximum absolute atomic E-state index is 11.3. The second kappa shape index (κ2) is 7.80. The van der Waals surface area contributed by atoms with Crippen molar-refractivity contribution in [2.45, 2.75) is 19.2 Å². The van der Waals surface area contributed by atoms with Crippen molar-refractivity contribution in [2.75, 3.05) is 7.05 Å². The first kappa shape index (κ1) is 16.6. The largest absolute Gasteiger partial charge is 0.481 e. The van der Waals surface area contributed by atoms with Crippen LogP contribution in [0.15, 0.2) is 24.3 Å². The summed E-state index contributed by atoms with van der Waals surface area (Å²) in [6.07, 6.45) is 0. The highest BCUT2D eigenvalue weighted by Gasteiger charge is 2.10. The lowest BCUT2D eigenvalue weighted by Gasteiger charge is -2.07. The van der Waals surface area contributed by atoms with Crippen LogP contribution in [0.3, 0.4) is 0 Å². The molecule has 1 rings (SSSR count). The third-order valence-corrected chi connectivity index (χ3v) is 3.31. The fourth-order valence-electron chi connectivity index (χ4n) is 1.17. The molecule has 1 aromatic carbocycles. The van der Waals surface area contributed by atoms with E-state index in [1.807, 2.05) is 12.1 Å². The van der Waals surface area contributed by atoms with Gasteiger partial charge >= 0.3 is 0 Å². The Bertz CT molecular complexity index is 482. The van der Waals surface area contributed by atoms with Crippen molar-refractivity contribution in [1.29, 1.82) is 0 Å². The van der Waals surface area contributed by atoms with Crippen LogP contribution in [0.5, 0.6) is 0 Å². The van der Waals surface area contributed by atoms with E-state index >= 15 is 0 Å². The van der Waals surface area contributed by atoms with Crippen LogP contribution >= 0.6 is 0 Å². The van der Waals surface area contributed by atoms with Crippen molar-refractivity contribution >= 4 is 16.0 Å². The van der Waals surface area contributed by atoms with Crippen LogP contribution in [0.1, 0.15) is 18.1 Å². The summed E-state index contributed by atoms with van der Waals surface area (Å²) >= 11 is 0. The van der Waals surface area contributed by atoms with Gasteiger partial charge < -0.3 is 10.8 Å². The number of benzene rings is 1. The van der Waals surface area contributed by atoms with E-state index in [4.69, 9.17) is 15.6 Å². The van der Waals surface area contributed by atoms with Gasteiger partial charge in [-0.3, -0.25) is 4.79 Å². The highest BCUT2D eigenvalue weighted by atomic mass is 32.2. The fraction of sp³-hybridized carbons (Fsp3) is 0.364. The van der Waals surface area contributed by atoms with E-state index in [2.05, 4.69) is 4.72 Å². The molecule has 0 spiro atoms. The van der Waals surface area contributed by atoms with Crippen molar-refractivity contribution in [3.8, 4) is 0 Å². The minimum absolute atomic E-state index is 0.0170. The standard InChI is InChI=1S/C9H14N2O2S.C2H4O2/c1-11-14(12,13)7-9-5-3-2-4-8(9)6-10;1-2(3)4/h2-5,11H,6-7,10H2,1H3;1H3,(H,3,4). The Balaban J connectivity index is 0.000000631. The highest BCUT2D eigenvalue weighted by Crippen LogP contribution is 2.10. The fourth-order valence-corrected chi connectivity index (χ4v) is 2.01. The van der Waals surface area contributed by atoms with Crippen molar-refractivity contribution < 1.29 is 18.3 Å². The zero-order valence-electron chi connectivity index (χ0n) is 10.4. The molecule has 0 unspecified atom stereocenters. The van der Waals surface area contributed by atoms with Crippen LogP contribution in [0.4, 0.5) is 0 Å². The third kappa shape index (κ3) is 7.00. The Hall–Kier alpha value is -1.44. The molecule has 0 saturated carbocycles. The summed E-state index contributed by atoms with van der Waals surface area (Å²) in [6, 6.07) is 7.26. The van der Waals surface area contributed by atoms with Gasteiger partial charge in [0.2, 0.25) is 10.0 Å². The van der Waals surface area contributed by atoms with Crippen LogP contribution in [0.25, 0.3) is 0 Å². The number of rotatable bonds is 4. The maximum atomic E-state index is 11.3. The van der Waals surface area contributed by atoms with E-state index in [1.54, 1.807) is 12.1 Å². The number of carboxylic acid groups (broad SMARTS) is 1. The minimum Gasteiger partial charge on any atom is -0.481 e. The predicted molar refractivity (Wildman–Crippen MR) is 69.3 cm³/mol. The summed E-state index contributed by atoms with van der Waals surface area (Å²) in [6.45, 7) is 1.44. The third-order valence-electron chi connectivity index (χ3n) is 1.99. The monoisotopic (exact) mass is 274 g/mol. The molecule has 0 radical (unpaired) electrons. The van der Waals surface area contributed by atoms with Crippen LogP contribution in [0.2, 0.25) is 0 Å². The smallest absolute Gasteiger partial charge is 0.300 e. The van der Waals surface area contributed by atoms with Gasteiger partial charge in [0.05, 0.1) is 5.75 Å². The topological polar surface area (TPSA) is 109 Å². The first-order chi connectivity index (χ1) is 8.32. The Morgan fingerprint density at radius 3 is 2.17 bits per heavy atom. The van der Waals surface area contributed by atoms with E-state index in [-0.39, 0.29) is 5.75 Å². The second-order valence-electron chi connectivity index (χ2n) is 3.46. The van der Waals surface area contributed by atoms with Gasteiger partial charge in [-0.2, -0.15) is 0 Å². The van der Waals surface area contributed by atoms with Crippen LogP contribution < -0.4 is 10.5 Å². The van der Waals surface area contributed by atoms with Gasteiger partial charge in [-0.1, -0.05) is 24.3 Å². The Kier molecular flexibility index (Phi) is 7.18. The van der Waals surface area contributed by atoms with E-state index in [0.29, 0.717) is 6.54 Å². The van der Waals surface area contributed by atoms with Crippen LogP contribution in [-0.4, -0.2) is 26.5 Å². The maximum Gasteiger partial charge on any atom is 0.300 e. The molecule has 0 aromatic heterocycles. The van der Waals surface area contributed by atoms with E-state index in [1.165, 1.54) is 7.05 Å². The molecular formula is C11H18N2O4S. The van der Waals surface area contributed by atoms with Gasteiger partial charge in [0.15, 0.2) is 0 Å². The summed E-state index contributed by atoms with van der Waals surface area (Å²) in [5, 5.41) is 7.42. The molecule has 0 heterocycles. The van der Waals surface area contributed by atoms with E-state index < -0.39 is 16.0 Å². The summed E-state index contributed by atoms with van der Waals surface area (Å²) in [7, 11) is -1.81. The molecule has 0 aliphatic rings. The molecule has 102 valence electrons. The SMILES string of the molecule is CC(=O)O.CNS(=O)(=O)Cc1ccccc1CN. The molecular weight excluding hydrogens is 256 g/mol. The highest BCUT2D eigenvalue weighted by molar-refractivity contribution is 7.88. The average Bonchev–Trinajstić information content (AvgIpc) is 2.28. The molecule has 0 amide bonds. The molecule has 1 aromatic rings. The molecule has 4 N–H and O–H groups in total. The minimum atomic E-state index is -3.21. The zero-order chi connectivity index (χ0) is 14.2. The summed E-state index contributed by atoms with van der Waals surface area (Å²) < 4.78 is 24.8. The van der Waals surface area contributed by atoms with E-state index in [0.717, 1.165) is 18.1 Å². The second-order valence-corrected chi connectivity index (χ2v) is 5.38. The molecule has 0 aliphatic heterocycles. The van der Waals surface area contributed by atoms with Crippen LogP contribution in [0, 0.1) is 0 Å². The normalized spacial score (nSPS) is 10.4. The molecule has 0 atom stereocenters. The number of nitrogens with two attached hydrogens (primary N) is 1. The van der Waals surface area contributed by atoms with Crippen molar-refractivity contribution in [1.82, 2.24) is 4.72 Å². The molecule has 18 heavy (non-hydrogen) atoms. The molecule has 7 heteroatoms. The van der Waals surface area contributed by atoms with E-state index in [9.17, 15) is 8.42 Å². The van der Waals surface area contributed by atoms with Gasteiger partial charge in [0, 0.05) is 13.5 Å². The Labute approximate surface area is 107 Å². The lowest BCUT2D eigenvalue weighted by Crippen LogP contribution is -2.21. The first-order valence-electron chi connectivity index (χ1n) is 5.20.